The molecule has 3 aromatic rings. The van der Waals surface area contributed by atoms with E-state index in [9.17, 15) is 21.6 Å². The predicted molar refractivity (Wildman–Crippen MR) is 144 cm³/mol. The van der Waals surface area contributed by atoms with E-state index in [0.29, 0.717) is 37.5 Å². The average Bonchev–Trinajstić information content (AvgIpc) is 3.44. The van der Waals surface area contributed by atoms with Gasteiger partial charge < -0.3 is 4.90 Å². The average molecular weight is 562 g/mol. The first-order chi connectivity index (χ1) is 17.6. The lowest BCUT2D eigenvalue weighted by molar-refractivity contribution is 0.0955. The van der Waals surface area contributed by atoms with Gasteiger partial charge in [-0.15, -0.1) is 11.3 Å². The summed E-state index contributed by atoms with van der Waals surface area (Å²) in [6.07, 6.45) is 0. The smallest absolute Gasteiger partial charge is 0.273 e. The lowest BCUT2D eigenvalue weighted by Gasteiger charge is -2.31. The summed E-state index contributed by atoms with van der Waals surface area (Å²) >= 11 is 1.07. The van der Waals surface area contributed by atoms with Crippen LogP contribution in [0.2, 0.25) is 0 Å². The second-order valence-corrected chi connectivity index (χ2v) is 13.3. The molecular formula is C24H27N5O5S3. The Balaban J connectivity index is 1.50. The number of hydrogen-bond donors (Lipinski definition) is 2. The highest BCUT2D eigenvalue weighted by molar-refractivity contribution is 7.94. The fourth-order valence-electron chi connectivity index (χ4n) is 3.70. The molecule has 37 heavy (non-hydrogen) atoms. The number of sulfonamides is 2. The van der Waals surface area contributed by atoms with Crippen molar-refractivity contribution in [3.05, 3.63) is 77.2 Å². The number of hydrogen-bond acceptors (Lipinski definition) is 8. The number of para-hydroxylation sites is 1. The van der Waals surface area contributed by atoms with Gasteiger partial charge in [0, 0.05) is 26.2 Å². The van der Waals surface area contributed by atoms with Crippen molar-refractivity contribution in [1.29, 1.82) is 0 Å². The Hall–Kier alpha value is -3.10. The molecule has 0 spiro atoms. The third-order valence-corrected chi connectivity index (χ3v) is 10.5. The van der Waals surface area contributed by atoms with E-state index in [1.54, 1.807) is 48.7 Å². The van der Waals surface area contributed by atoms with Gasteiger partial charge in [-0.25, -0.2) is 22.3 Å². The Labute approximate surface area is 220 Å². The number of thiophene rings is 1. The van der Waals surface area contributed by atoms with Crippen molar-refractivity contribution in [2.75, 3.05) is 37.9 Å². The van der Waals surface area contributed by atoms with Crippen LogP contribution in [-0.2, 0) is 20.0 Å². The number of carbonyl (C=O) groups is 1. The largest absolute Gasteiger partial charge is 0.304 e. The zero-order chi connectivity index (χ0) is 26.6. The van der Waals surface area contributed by atoms with E-state index in [0.717, 1.165) is 11.3 Å². The van der Waals surface area contributed by atoms with Gasteiger partial charge in [0.15, 0.2) is 0 Å². The standard InChI is InChI=1S/C24H27N5O5S3/c1-18(19-7-5-8-20(17-19)37(33,34)29-14-12-28(2)13-15-29)25-26-24(30)21-9-3-4-10-22(21)27-36(31,32)23-11-6-16-35-23/h3-11,16-17,27H,12-15H2,1-2H3,(H,26,30). The van der Waals surface area contributed by atoms with Crippen LogP contribution in [-0.4, -0.2) is 70.9 Å². The Kier molecular flexibility index (Phi) is 8.09. The Bertz CT molecular complexity index is 1510. The van der Waals surface area contributed by atoms with Crippen molar-refractivity contribution in [2.45, 2.75) is 16.0 Å². The highest BCUT2D eigenvalue weighted by atomic mass is 32.2. The summed E-state index contributed by atoms with van der Waals surface area (Å²) in [6.45, 7) is 3.81. The fourth-order valence-corrected chi connectivity index (χ4v) is 7.24. The minimum Gasteiger partial charge on any atom is -0.304 e. The molecular weight excluding hydrogens is 534 g/mol. The zero-order valence-electron chi connectivity index (χ0n) is 20.3. The first kappa shape index (κ1) is 26.9. The lowest BCUT2D eigenvalue weighted by Crippen LogP contribution is -2.47. The minimum atomic E-state index is -3.84. The Morgan fingerprint density at radius 3 is 2.38 bits per heavy atom. The SMILES string of the molecule is CC(=NNC(=O)c1ccccc1NS(=O)(=O)c1cccs1)c1cccc(S(=O)(=O)N2CCN(C)CC2)c1. The van der Waals surface area contributed by atoms with E-state index < -0.39 is 26.0 Å². The normalized spacial score (nSPS) is 15.9. The maximum Gasteiger partial charge on any atom is 0.273 e. The third-order valence-electron chi connectivity index (χ3n) is 5.85. The van der Waals surface area contributed by atoms with Crippen molar-refractivity contribution >= 4 is 48.7 Å². The third kappa shape index (κ3) is 6.25. The zero-order valence-corrected chi connectivity index (χ0v) is 22.7. The summed E-state index contributed by atoms with van der Waals surface area (Å²) in [5, 5.41) is 5.78. The molecule has 1 aliphatic rings. The van der Waals surface area contributed by atoms with Crippen molar-refractivity contribution in [1.82, 2.24) is 14.6 Å². The van der Waals surface area contributed by atoms with Gasteiger partial charge in [-0.3, -0.25) is 9.52 Å². The number of anilines is 1. The van der Waals surface area contributed by atoms with Crippen LogP contribution in [0.4, 0.5) is 5.69 Å². The van der Waals surface area contributed by atoms with Crippen LogP contribution < -0.4 is 10.1 Å². The van der Waals surface area contributed by atoms with Crippen molar-refractivity contribution < 1.29 is 21.6 Å². The number of benzene rings is 2. The van der Waals surface area contributed by atoms with Crippen LogP contribution in [0.5, 0.6) is 0 Å². The van der Waals surface area contributed by atoms with E-state index in [4.69, 9.17) is 0 Å². The number of likely N-dealkylation sites (N-methyl/N-ethyl adjacent to an activating group) is 1. The van der Waals surface area contributed by atoms with Gasteiger partial charge in [-0.1, -0.05) is 30.3 Å². The highest BCUT2D eigenvalue weighted by Crippen LogP contribution is 2.23. The van der Waals surface area contributed by atoms with Gasteiger partial charge in [0.05, 0.1) is 21.9 Å². The molecule has 0 unspecified atom stereocenters. The van der Waals surface area contributed by atoms with E-state index in [2.05, 4.69) is 20.1 Å². The number of hydrazone groups is 1. The molecule has 1 aliphatic heterocycles. The maximum absolute atomic E-state index is 13.1. The quantitative estimate of drug-likeness (QED) is 0.322. The molecule has 1 aromatic heterocycles. The predicted octanol–water partition coefficient (Wildman–Crippen LogP) is 2.64. The van der Waals surface area contributed by atoms with Crippen LogP contribution in [0, 0.1) is 0 Å². The number of piperazine rings is 1. The molecule has 4 rings (SSSR count). The molecule has 10 nitrogen and oxygen atoms in total. The van der Waals surface area contributed by atoms with Crippen molar-refractivity contribution in [3.8, 4) is 0 Å². The van der Waals surface area contributed by atoms with Crippen molar-refractivity contribution in [3.63, 3.8) is 0 Å². The van der Waals surface area contributed by atoms with Crippen molar-refractivity contribution in [2.24, 2.45) is 5.10 Å². The van der Waals surface area contributed by atoms with Gasteiger partial charge in [0.25, 0.3) is 15.9 Å². The minimum absolute atomic E-state index is 0.0885. The molecule has 0 saturated carbocycles. The van der Waals surface area contributed by atoms with E-state index in [1.165, 1.54) is 28.6 Å². The summed E-state index contributed by atoms with van der Waals surface area (Å²) < 4.78 is 55.5. The Morgan fingerprint density at radius 1 is 0.946 bits per heavy atom. The van der Waals surface area contributed by atoms with Crippen LogP contribution in [0.3, 0.4) is 0 Å². The van der Waals surface area contributed by atoms with Crippen LogP contribution in [0.25, 0.3) is 0 Å². The number of rotatable bonds is 8. The van der Waals surface area contributed by atoms with E-state index in [1.807, 2.05) is 7.05 Å². The number of nitrogens with one attached hydrogen (secondary N) is 2. The molecule has 0 radical (unpaired) electrons. The Morgan fingerprint density at radius 2 is 1.68 bits per heavy atom. The first-order valence-electron chi connectivity index (χ1n) is 11.4. The first-order valence-corrected chi connectivity index (χ1v) is 15.2. The molecule has 0 atom stereocenters. The van der Waals surface area contributed by atoms with Crippen LogP contribution in [0.1, 0.15) is 22.8 Å². The summed E-state index contributed by atoms with van der Waals surface area (Å²) in [7, 11) is -5.55. The molecule has 2 N–H and O–H groups in total. The molecule has 1 saturated heterocycles. The van der Waals surface area contributed by atoms with Gasteiger partial charge >= 0.3 is 0 Å². The molecule has 0 aliphatic carbocycles. The number of nitrogens with zero attached hydrogens (tertiary/aromatic N) is 3. The fraction of sp³-hybridized carbons (Fsp3) is 0.250. The van der Waals surface area contributed by atoms with E-state index >= 15 is 0 Å². The van der Waals surface area contributed by atoms with Gasteiger partial charge in [0.2, 0.25) is 10.0 Å². The second-order valence-electron chi connectivity index (χ2n) is 8.46. The van der Waals surface area contributed by atoms with Crippen LogP contribution >= 0.6 is 11.3 Å². The summed E-state index contributed by atoms with van der Waals surface area (Å²) in [4.78, 5) is 15.1. The summed E-state index contributed by atoms with van der Waals surface area (Å²) in [5.74, 6) is -0.620. The summed E-state index contributed by atoms with van der Waals surface area (Å²) in [6, 6.07) is 15.7. The van der Waals surface area contributed by atoms with Gasteiger partial charge in [-0.05, 0) is 55.2 Å². The monoisotopic (exact) mass is 561 g/mol. The molecule has 1 amide bonds. The highest BCUT2D eigenvalue weighted by Gasteiger charge is 2.27. The second kappa shape index (κ2) is 11.1. The maximum atomic E-state index is 13.1. The van der Waals surface area contributed by atoms with Gasteiger partial charge in [0.1, 0.15) is 4.21 Å². The topological polar surface area (TPSA) is 128 Å². The van der Waals surface area contributed by atoms with Gasteiger partial charge in [-0.2, -0.15) is 9.41 Å². The molecule has 1 fully saturated rings. The molecule has 13 heteroatoms. The molecule has 2 heterocycles. The molecule has 196 valence electrons. The van der Waals surface area contributed by atoms with Crippen LogP contribution in [0.15, 0.2) is 80.2 Å². The molecule has 0 bridgehead atoms. The van der Waals surface area contributed by atoms with E-state index in [-0.39, 0.29) is 20.4 Å². The summed E-state index contributed by atoms with van der Waals surface area (Å²) in [5.41, 5.74) is 3.56. The number of carbonyl (C=O) groups excluding carboxylic acids is 1. The molecule has 2 aromatic carbocycles. The number of amides is 1. The lowest BCUT2D eigenvalue weighted by atomic mass is 10.1.